The van der Waals surface area contributed by atoms with Crippen LogP contribution in [-0.2, 0) is 73.1 Å². The topological polar surface area (TPSA) is 310 Å². The molecule has 14 rings (SSSR count). The summed E-state index contributed by atoms with van der Waals surface area (Å²) in [6, 6.07) is 19.6. The second-order valence-corrected chi connectivity index (χ2v) is 29.0. The molecule has 12 bridgehead atoms. The summed E-state index contributed by atoms with van der Waals surface area (Å²) in [6.45, 7) is 14.6. The Kier molecular flexibility index (Phi) is 21.4. The van der Waals surface area contributed by atoms with Crippen LogP contribution in [0.15, 0.2) is 97.1 Å². The van der Waals surface area contributed by atoms with Gasteiger partial charge in [0.25, 0.3) is 0 Å². The highest BCUT2D eigenvalue weighted by atomic mass is 16.8. The molecule has 10 heterocycles. The zero-order valence-electron chi connectivity index (χ0n) is 56.4. The molecule has 8 N–H and O–H groups in total. The number of nitrogens with two attached hydrogens (primary N) is 1. The molecule has 21 atom stereocenters. The molecular weight excluding hydrogens is 1260 g/mol. The second kappa shape index (κ2) is 30.2. The molecule has 10 fully saturated rings. The Labute approximate surface area is 572 Å². The monoisotopic (exact) mass is 1360 g/mol. The second-order valence-electron chi connectivity index (χ2n) is 29.0. The van der Waals surface area contributed by atoms with Gasteiger partial charge in [-0.05, 0) is 121 Å². The van der Waals surface area contributed by atoms with E-state index in [1.807, 2.05) is 48.5 Å². The van der Waals surface area contributed by atoms with Crippen molar-refractivity contribution in [3.8, 4) is 11.1 Å². The van der Waals surface area contributed by atoms with Crippen molar-refractivity contribution in [2.24, 2.45) is 23.5 Å². The number of ketones is 1. The normalized spacial score (nSPS) is 34.1. The summed E-state index contributed by atoms with van der Waals surface area (Å²) < 4.78 is 72.2. The first-order valence-electron chi connectivity index (χ1n) is 35.4. The molecule has 24 heteroatoms. The number of anilines is 1. The van der Waals surface area contributed by atoms with Gasteiger partial charge in [-0.15, -0.1) is 0 Å². The predicted octanol–water partition coefficient (Wildman–Crippen LogP) is 7.84. The SMILES string of the molecule is C=C1C[C@H]2CC[C@@]34C[C@H]5O[C@@H]6[C@@H](O[C@H]7CC[C@H](CC(=O)C[C@@H]8[C@@H](OC)[C@@H](C[C@H](O)CNC(=O)OCc9ccc(NC(=O)[C@H](CCCNC(N)=O)NC(=O)[C@@H](NC(=O)OCC%10c%11ccccc%11-c%11ccccc%11%10)C(C)C)cc9)O[C@H]8C[C@H]8O[C@@H](CC[C@@H]1O2)C[C@@H](C)C8=C)O[C@@H]7[C@H]6O3)[C@H]5O4. The van der Waals surface area contributed by atoms with E-state index in [1.54, 1.807) is 45.2 Å². The van der Waals surface area contributed by atoms with E-state index in [0.29, 0.717) is 43.4 Å². The molecule has 3 aromatic carbocycles. The van der Waals surface area contributed by atoms with Crippen LogP contribution in [0.2, 0.25) is 0 Å². The zero-order chi connectivity index (χ0) is 68.5. The molecule has 530 valence electrons. The molecule has 10 saturated heterocycles. The number of methoxy groups -OCH3 is 1. The minimum atomic E-state index is -1.10. The van der Waals surface area contributed by atoms with E-state index < -0.39 is 96.4 Å². The number of benzene rings is 3. The van der Waals surface area contributed by atoms with Gasteiger partial charge in [-0.2, -0.15) is 0 Å². The maximum absolute atomic E-state index is 14.6. The molecular formula is C74H96N6O18. The number of aliphatic hydroxyl groups is 1. The average molecular weight is 1360 g/mol. The number of ether oxygens (including phenoxy) is 11. The van der Waals surface area contributed by atoms with Gasteiger partial charge in [-0.25, -0.2) is 14.4 Å². The van der Waals surface area contributed by atoms with Crippen LogP contribution >= 0.6 is 0 Å². The number of hydrogen-bond acceptors (Lipinski definition) is 18. The number of rotatable bonds is 19. The summed E-state index contributed by atoms with van der Waals surface area (Å²) in [5, 5.41) is 25.1. The maximum Gasteiger partial charge on any atom is 0.407 e. The van der Waals surface area contributed by atoms with E-state index in [2.05, 4.69) is 46.7 Å². The summed E-state index contributed by atoms with van der Waals surface area (Å²) in [5.41, 5.74) is 12.5. The number of carbonyl (C=O) groups excluding carboxylic acids is 6. The lowest BCUT2D eigenvalue weighted by atomic mass is 9.81. The van der Waals surface area contributed by atoms with Crippen LogP contribution in [0.4, 0.5) is 20.1 Å². The molecule has 0 saturated carbocycles. The highest BCUT2D eigenvalue weighted by Gasteiger charge is 2.69. The Bertz CT molecular complexity index is 3380. The Morgan fingerprint density at radius 2 is 1.41 bits per heavy atom. The first-order chi connectivity index (χ1) is 47.2. The standard InChI is InChI=1S/C74H96N6O18/c1-38(2)62(80-73(87)90-37-54-51-14-9-7-12-49(51)50-13-8-10-15-52(50)54)70(84)79-55(16-11-27-76-71(75)85)69(83)78-43-19-17-42(18-20-43)36-89-72(86)77-35-45(82)32-60-63(88-6)53-31-44(81)30-47-22-24-57-64(93-47)68-67-66(95-57)65-61(96-67)34-74(97-65,98-68)26-25-48-29-40(4)56(91-48)23-21-46-28-39(3)41(5)58(92-46)33-59(53)94-60/h7-10,12-15,17-20,38-39,45-48,53-68,82H,4-5,11,16,21-37H2,1-3,6H3,(H,77,86)(H,78,83)(H,79,84)(H,80,87)(H3,75,76,85)/t39-,45+,46+,47-,48-,53+,55+,56+,57+,58-,59+,60-,61-,62+,63-,64+,65+,66+,67-,68-,74+/m1/s1. The minimum Gasteiger partial charge on any atom is -0.449 e. The molecule has 3 aromatic rings. The van der Waals surface area contributed by atoms with Crippen LogP contribution in [0.1, 0.15) is 140 Å². The highest BCUT2D eigenvalue weighted by molar-refractivity contribution is 5.98. The molecule has 6 amide bonds. The van der Waals surface area contributed by atoms with Gasteiger partial charge in [-0.3, -0.25) is 14.4 Å². The number of hydrogen-bond donors (Lipinski definition) is 7. The zero-order valence-corrected chi connectivity index (χ0v) is 56.4. The van der Waals surface area contributed by atoms with E-state index in [9.17, 15) is 33.9 Å². The average Bonchev–Trinajstić information content (AvgIpc) is 1.55. The van der Waals surface area contributed by atoms with Gasteiger partial charge in [0.1, 0.15) is 61.6 Å². The number of nitrogens with one attached hydrogen (secondary N) is 5. The van der Waals surface area contributed by atoms with Crippen molar-refractivity contribution in [3.05, 3.63) is 114 Å². The number of alkyl carbamates (subject to hydrolysis) is 2. The number of urea groups is 1. The van der Waals surface area contributed by atoms with Crippen molar-refractivity contribution in [2.75, 3.05) is 32.1 Å². The Balaban J connectivity index is 0.607. The quantitative estimate of drug-likeness (QED) is 0.0444. The largest absolute Gasteiger partial charge is 0.449 e. The summed E-state index contributed by atoms with van der Waals surface area (Å²) >= 11 is 0. The van der Waals surface area contributed by atoms with E-state index >= 15 is 0 Å². The number of aliphatic hydroxyl groups excluding tert-OH is 1. The van der Waals surface area contributed by atoms with E-state index in [-0.39, 0.29) is 137 Å². The van der Waals surface area contributed by atoms with Crippen molar-refractivity contribution < 1.29 is 86.0 Å². The van der Waals surface area contributed by atoms with Crippen LogP contribution in [0.5, 0.6) is 0 Å². The van der Waals surface area contributed by atoms with Crippen molar-refractivity contribution in [3.63, 3.8) is 0 Å². The van der Waals surface area contributed by atoms with Gasteiger partial charge in [-0.1, -0.05) is 94.6 Å². The van der Waals surface area contributed by atoms with E-state index in [1.165, 1.54) is 0 Å². The third-order valence-electron chi connectivity index (χ3n) is 21.9. The molecule has 10 aliphatic heterocycles. The number of fused-ring (bicyclic) bond motifs is 9. The van der Waals surface area contributed by atoms with Crippen LogP contribution in [0.25, 0.3) is 11.1 Å². The van der Waals surface area contributed by atoms with Gasteiger partial charge in [0.2, 0.25) is 11.8 Å². The number of amides is 6. The Hall–Kier alpha value is -6.84. The lowest BCUT2D eigenvalue weighted by molar-refractivity contribution is -0.292. The summed E-state index contributed by atoms with van der Waals surface area (Å²) in [4.78, 5) is 80.5. The van der Waals surface area contributed by atoms with Gasteiger partial charge < -0.3 is 89.5 Å². The van der Waals surface area contributed by atoms with Crippen molar-refractivity contribution >= 4 is 41.5 Å². The first kappa shape index (κ1) is 69.6. The van der Waals surface area contributed by atoms with Gasteiger partial charge >= 0.3 is 18.2 Å². The molecule has 0 aromatic heterocycles. The van der Waals surface area contributed by atoms with Crippen LogP contribution < -0.4 is 32.3 Å². The highest BCUT2D eigenvalue weighted by Crippen LogP contribution is 2.55. The van der Waals surface area contributed by atoms with E-state index in [0.717, 1.165) is 65.5 Å². The van der Waals surface area contributed by atoms with Crippen molar-refractivity contribution in [1.29, 1.82) is 0 Å². The van der Waals surface area contributed by atoms with E-state index in [4.69, 9.17) is 57.8 Å². The Morgan fingerprint density at radius 3 is 2.15 bits per heavy atom. The molecule has 0 unspecified atom stereocenters. The number of Topliss-reactive ketones (excluding diaryl/α,β-unsaturated/α-hetero) is 1. The first-order valence-corrected chi connectivity index (χ1v) is 35.4. The van der Waals surface area contributed by atoms with Gasteiger partial charge in [0.15, 0.2) is 5.79 Å². The number of primary amides is 1. The molecule has 11 aliphatic rings. The fourth-order valence-corrected chi connectivity index (χ4v) is 16.9. The van der Waals surface area contributed by atoms with Gasteiger partial charge in [0, 0.05) is 76.2 Å². The Morgan fingerprint density at radius 1 is 0.704 bits per heavy atom. The minimum absolute atomic E-state index is 0.000318. The third kappa shape index (κ3) is 15.4. The smallest absolute Gasteiger partial charge is 0.407 e. The fourth-order valence-electron chi connectivity index (χ4n) is 16.9. The maximum atomic E-state index is 14.6. The van der Waals surface area contributed by atoms with Crippen LogP contribution in [0, 0.1) is 17.8 Å². The predicted molar refractivity (Wildman–Crippen MR) is 356 cm³/mol. The van der Waals surface area contributed by atoms with Crippen molar-refractivity contribution in [2.45, 2.75) is 245 Å². The molecule has 24 nitrogen and oxygen atoms in total. The lowest BCUT2D eigenvalue weighted by Gasteiger charge is -2.47. The van der Waals surface area contributed by atoms with Crippen LogP contribution in [-0.4, -0.2) is 183 Å². The molecule has 0 radical (unpaired) electrons. The van der Waals surface area contributed by atoms with Crippen LogP contribution in [0.3, 0.4) is 0 Å². The summed E-state index contributed by atoms with van der Waals surface area (Å²) in [7, 11) is 1.59. The fraction of sp³-hybridized carbons (Fsp3) is 0.622. The summed E-state index contributed by atoms with van der Waals surface area (Å²) in [5.74, 6) is -2.87. The number of carbonyl (C=O) groups is 6. The third-order valence-corrected chi connectivity index (χ3v) is 21.9. The van der Waals surface area contributed by atoms with Crippen molar-refractivity contribution in [1.82, 2.24) is 21.3 Å². The lowest BCUT2D eigenvalue weighted by Crippen LogP contribution is -2.61. The van der Waals surface area contributed by atoms with Gasteiger partial charge in [0.05, 0.1) is 67.1 Å². The molecule has 98 heavy (non-hydrogen) atoms. The molecule has 1 spiro atoms. The summed E-state index contributed by atoms with van der Waals surface area (Å²) in [6.07, 6.45) is 0.212. The molecule has 1 aliphatic carbocycles.